The molecule has 2 rings (SSSR count). The lowest BCUT2D eigenvalue weighted by Gasteiger charge is -2.47. The number of hydrogen-bond donors (Lipinski definition) is 1. The summed E-state index contributed by atoms with van der Waals surface area (Å²) >= 11 is 0. The van der Waals surface area contributed by atoms with Crippen molar-refractivity contribution >= 4 is 6.09 Å². The molecule has 1 unspecified atom stereocenters. The molecule has 1 aliphatic carbocycles. The van der Waals surface area contributed by atoms with Gasteiger partial charge in [0.15, 0.2) is 0 Å². The average Bonchev–Trinajstić information content (AvgIpc) is 2.32. The molecule has 6 heteroatoms. The van der Waals surface area contributed by atoms with Gasteiger partial charge in [-0.15, -0.1) is 0 Å². The van der Waals surface area contributed by atoms with Crippen LogP contribution in [0.15, 0.2) is 0 Å². The number of nitrogens with zero attached hydrogens (tertiary/aromatic N) is 1. The first kappa shape index (κ1) is 13.5. The molecule has 1 heterocycles. The standard InChI is InChI=1S/C12H20F2N2O2/c1-10(2,3)18-9(17)16-6-11(7-16)4-8(15)12(13,14)5-11/h8H,4-7,15H2,1-3H3. The highest BCUT2D eigenvalue weighted by Crippen LogP contribution is 2.51. The predicted molar refractivity (Wildman–Crippen MR) is 62.4 cm³/mol. The Hall–Kier alpha value is -0.910. The first-order valence-electron chi connectivity index (χ1n) is 6.14. The lowest BCUT2D eigenvalue weighted by molar-refractivity contribution is -0.0588. The van der Waals surface area contributed by atoms with Crippen molar-refractivity contribution in [1.82, 2.24) is 4.90 Å². The molecule has 1 amide bonds. The van der Waals surface area contributed by atoms with Crippen LogP contribution in [0.3, 0.4) is 0 Å². The zero-order chi connectivity index (χ0) is 13.8. The molecule has 2 fully saturated rings. The molecule has 2 N–H and O–H groups in total. The largest absolute Gasteiger partial charge is 0.444 e. The number of halogens is 2. The average molecular weight is 262 g/mol. The second-order valence-electron chi connectivity index (χ2n) is 6.58. The highest BCUT2D eigenvalue weighted by Gasteiger charge is 2.60. The van der Waals surface area contributed by atoms with Crippen LogP contribution in [0.4, 0.5) is 13.6 Å². The van der Waals surface area contributed by atoms with Crippen molar-refractivity contribution in [3.8, 4) is 0 Å². The Morgan fingerprint density at radius 2 is 1.94 bits per heavy atom. The van der Waals surface area contributed by atoms with E-state index in [0.717, 1.165) is 0 Å². The predicted octanol–water partition coefficient (Wildman–Crippen LogP) is 1.98. The summed E-state index contributed by atoms with van der Waals surface area (Å²) in [7, 11) is 0. The van der Waals surface area contributed by atoms with Gasteiger partial charge in [-0.25, -0.2) is 13.6 Å². The molecule has 0 aromatic heterocycles. The van der Waals surface area contributed by atoms with Gasteiger partial charge in [0.05, 0.1) is 6.04 Å². The summed E-state index contributed by atoms with van der Waals surface area (Å²) in [5.41, 5.74) is 4.38. The molecule has 1 saturated carbocycles. The molecule has 0 aromatic carbocycles. The van der Waals surface area contributed by atoms with Gasteiger partial charge in [0.25, 0.3) is 5.92 Å². The number of rotatable bonds is 0. The van der Waals surface area contributed by atoms with E-state index in [1.54, 1.807) is 20.8 Å². The molecule has 2 aliphatic rings. The van der Waals surface area contributed by atoms with Gasteiger partial charge in [0, 0.05) is 24.9 Å². The van der Waals surface area contributed by atoms with Crippen LogP contribution in [0.1, 0.15) is 33.6 Å². The molecule has 4 nitrogen and oxygen atoms in total. The van der Waals surface area contributed by atoms with E-state index in [9.17, 15) is 13.6 Å². The van der Waals surface area contributed by atoms with Crippen LogP contribution in [0.2, 0.25) is 0 Å². The summed E-state index contributed by atoms with van der Waals surface area (Å²) in [4.78, 5) is 13.2. The van der Waals surface area contributed by atoms with Crippen molar-refractivity contribution < 1.29 is 18.3 Å². The van der Waals surface area contributed by atoms with Crippen molar-refractivity contribution in [3.05, 3.63) is 0 Å². The smallest absolute Gasteiger partial charge is 0.410 e. The second-order valence-corrected chi connectivity index (χ2v) is 6.58. The van der Waals surface area contributed by atoms with Gasteiger partial charge in [-0.3, -0.25) is 0 Å². The van der Waals surface area contributed by atoms with Crippen LogP contribution in [-0.4, -0.2) is 41.6 Å². The quantitative estimate of drug-likeness (QED) is 0.726. The molecule has 1 spiro atoms. The fraction of sp³-hybridized carbons (Fsp3) is 0.917. The zero-order valence-electron chi connectivity index (χ0n) is 11.0. The Labute approximate surface area is 105 Å². The zero-order valence-corrected chi connectivity index (χ0v) is 11.0. The minimum atomic E-state index is -2.81. The number of carbonyl (C=O) groups is 1. The maximum absolute atomic E-state index is 13.4. The molecule has 0 aromatic rings. The molecule has 104 valence electrons. The maximum Gasteiger partial charge on any atom is 0.410 e. The third kappa shape index (κ3) is 2.43. The lowest BCUT2D eigenvalue weighted by atomic mass is 9.78. The molecule has 1 aliphatic heterocycles. The third-order valence-electron chi connectivity index (χ3n) is 3.51. The Balaban J connectivity index is 1.90. The van der Waals surface area contributed by atoms with E-state index in [0.29, 0.717) is 13.1 Å². The van der Waals surface area contributed by atoms with Crippen molar-refractivity contribution in [2.24, 2.45) is 11.1 Å². The first-order chi connectivity index (χ1) is 8.03. The van der Waals surface area contributed by atoms with Crippen LogP contribution in [0.25, 0.3) is 0 Å². The third-order valence-corrected chi connectivity index (χ3v) is 3.51. The number of amides is 1. The SMILES string of the molecule is CC(C)(C)OC(=O)N1CC2(CC(N)C(F)(F)C2)C1. The van der Waals surface area contributed by atoms with E-state index in [1.807, 2.05) is 0 Å². The minimum Gasteiger partial charge on any atom is -0.444 e. The maximum atomic E-state index is 13.4. The normalized spacial score (nSPS) is 29.2. The molecular weight excluding hydrogens is 242 g/mol. The monoisotopic (exact) mass is 262 g/mol. The van der Waals surface area contributed by atoms with Gasteiger partial charge in [-0.1, -0.05) is 0 Å². The molecule has 0 radical (unpaired) electrons. The van der Waals surface area contributed by atoms with Crippen molar-refractivity contribution in [1.29, 1.82) is 0 Å². The summed E-state index contributed by atoms with van der Waals surface area (Å²) in [6.45, 7) is 5.98. The van der Waals surface area contributed by atoms with Gasteiger partial charge in [-0.2, -0.15) is 0 Å². The van der Waals surface area contributed by atoms with E-state index in [4.69, 9.17) is 10.5 Å². The van der Waals surface area contributed by atoms with Crippen LogP contribution in [0, 0.1) is 5.41 Å². The molecule has 1 atom stereocenters. The summed E-state index contributed by atoms with van der Waals surface area (Å²) < 4.78 is 32.0. The Morgan fingerprint density at radius 3 is 2.33 bits per heavy atom. The van der Waals surface area contributed by atoms with Crippen LogP contribution >= 0.6 is 0 Å². The number of hydrogen-bond acceptors (Lipinski definition) is 3. The fourth-order valence-electron chi connectivity index (χ4n) is 2.78. The van der Waals surface area contributed by atoms with Gasteiger partial charge >= 0.3 is 6.09 Å². The Morgan fingerprint density at radius 1 is 1.39 bits per heavy atom. The highest BCUT2D eigenvalue weighted by atomic mass is 19.3. The van der Waals surface area contributed by atoms with Crippen molar-refractivity contribution in [2.75, 3.05) is 13.1 Å². The lowest BCUT2D eigenvalue weighted by Crippen LogP contribution is -2.58. The van der Waals surface area contributed by atoms with E-state index in [2.05, 4.69) is 0 Å². The van der Waals surface area contributed by atoms with Crippen LogP contribution < -0.4 is 5.73 Å². The second kappa shape index (κ2) is 3.79. The van der Waals surface area contributed by atoms with Crippen LogP contribution in [0.5, 0.6) is 0 Å². The van der Waals surface area contributed by atoms with E-state index in [-0.39, 0.29) is 12.8 Å². The van der Waals surface area contributed by atoms with E-state index >= 15 is 0 Å². The Kier molecular flexibility index (Phi) is 2.85. The number of carbonyl (C=O) groups excluding carboxylic acids is 1. The van der Waals surface area contributed by atoms with Crippen molar-refractivity contribution in [2.45, 2.75) is 51.2 Å². The molecule has 18 heavy (non-hydrogen) atoms. The summed E-state index contributed by atoms with van der Waals surface area (Å²) in [6, 6.07) is -1.08. The number of ether oxygens (including phenoxy) is 1. The van der Waals surface area contributed by atoms with Gasteiger partial charge in [0.2, 0.25) is 0 Å². The van der Waals surface area contributed by atoms with Crippen molar-refractivity contribution in [3.63, 3.8) is 0 Å². The molecule has 1 saturated heterocycles. The summed E-state index contributed by atoms with van der Waals surface area (Å²) in [5.74, 6) is -2.81. The van der Waals surface area contributed by atoms with Gasteiger partial charge < -0.3 is 15.4 Å². The van der Waals surface area contributed by atoms with Gasteiger partial charge in [0.1, 0.15) is 5.60 Å². The fourth-order valence-corrected chi connectivity index (χ4v) is 2.78. The van der Waals surface area contributed by atoms with Crippen LogP contribution in [-0.2, 0) is 4.74 Å². The van der Waals surface area contributed by atoms with Gasteiger partial charge in [-0.05, 0) is 27.2 Å². The molecular formula is C12H20F2N2O2. The Bertz CT molecular complexity index is 360. The number of likely N-dealkylation sites (tertiary alicyclic amines) is 1. The summed E-state index contributed by atoms with van der Waals surface area (Å²) in [6.07, 6.45) is -0.378. The van der Waals surface area contributed by atoms with E-state index < -0.39 is 29.1 Å². The molecule has 0 bridgehead atoms. The topological polar surface area (TPSA) is 55.6 Å². The first-order valence-corrected chi connectivity index (χ1v) is 6.14. The minimum absolute atomic E-state index is 0.222. The summed E-state index contributed by atoms with van der Waals surface area (Å²) in [5, 5.41) is 0. The number of nitrogens with two attached hydrogens (primary N) is 1. The van der Waals surface area contributed by atoms with E-state index in [1.165, 1.54) is 4.90 Å². The number of alkyl halides is 2. The highest BCUT2D eigenvalue weighted by molar-refractivity contribution is 5.69.